The van der Waals surface area contributed by atoms with Crippen molar-refractivity contribution in [3.63, 3.8) is 0 Å². The van der Waals surface area contributed by atoms with E-state index in [1.54, 1.807) is 18.2 Å². The molecule has 0 aliphatic heterocycles. The van der Waals surface area contributed by atoms with Crippen molar-refractivity contribution in [3.05, 3.63) is 100 Å². The first-order valence-corrected chi connectivity index (χ1v) is 9.48. The van der Waals surface area contributed by atoms with Gasteiger partial charge in [-0.2, -0.15) is 0 Å². The van der Waals surface area contributed by atoms with Crippen LogP contribution in [0.4, 0.5) is 0 Å². The second-order valence-electron chi connectivity index (χ2n) is 6.20. The van der Waals surface area contributed by atoms with E-state index in [1.807, 2.05) is 36.4 Å². The molecule has 0 aliphatic rings. The van der Waals surface area contributed by atoms with Gasteiger partial charge in [-0.15, -0.1) is 12.4 Å². The highest BCUT2D eigenvalue weighted by molar-refractivity contribution is 6.34. The first kappa shape index (κ1) is 22.5. The number of aliphatic hydroxyl groups excluding tert-OH is 1. The summed E-state index contributed by atoms with van der Waals surface area (Å²) in [6, 6.07) is 25.3. The van der Waals surface area contributed by atoms with E-state index < -0.39 is 6.10 Å². The van der Waals surface area contributed by atoms with E-state index in [0.29, 0.717) is 22.3 Å². The molecule has 0 heterocycles. The molecule has 3 rings (SSSR count). The molecule has 3 aromatic rings. The molecule has 3 nitrogen and oxygen atoms in total. The molecule has 28 heavy (non-hydrogen) atoms. The van der Waals surface area contributed by atoms with Crippen molar-refractivity contribution in [3.8, 4) is 5.75 Å². The molecular formula is C22H22Cl3NO2. The largest absolute Gasteiger partial charge is 0.489 e. The summed E-state index contributed by atoms with van der Waals surface area (Å²) in [5.74, 6) is 0.464. The van der Waals surface area contributed by atoms with Gasteiger partial charge in [-0.3, -0.25) is 0 Å². The molecule has 0 bridgehead atoms. The molecule has 1 atom stereocenters. The van der Waals surface area contributed by atoms with Crippen molar-refractivity contribution in [1.29, 1.82) is 0 Å². The molecular weight excluding hydrogens is 417 g/mol. The number of hydrogen-bond donors (Lipinski definition) is 2. The molecule has 0 aliphatic carbocycles. The second-order valence-corrected chi connectivity index (χ2v) is 7.05. The first-order valence-electron chi connectivity index (χ1n) is 8.72. The smallest absolute Gasteiger partial charge is 0.139 e. The van der Waals surface area contributed by atoms with Gasteiger partial charge in [0.25, 0.3) is 0 Å². The van der Waals surface area contributed by atoms with Gasteiger partial charge in [0.1, 0.15) is 18.5 Å². The predicted molar refractivity (Wildman–Crippen MR) is 118 cm³/mol. The minimum atomic E-state index is -0.699. The Labute approximate surface area is 181 Å². The topological polar surface area (TPSA) is 41.5 Å². The van der Waals surface area contributed by atoms with Crippen LogP contribution in [-0.2, 0) is 0 Å². The second kappa shape index (κ2) is 11.3. The Balaban J connectivity index is 0.00000280. The molecule has 0 fully saturated rings. The van der Waals surface area contributed by atoms with Crippen LogP contribution in [0.3, 0.4) is 0 Å². The van der Waals surface area contributed by atoms with Crippen molar-refractivity contribution < 1.29 is 9.84 Å². The van der Waals surface area contributed by atoms with Crippen molar-refractivity contribution in [1.82, 2.24) is 5.32 Å². The van der Waals surface area contributed by atoms with E-state index in [4.69, 9.17) is 27.9 Å². The van der Waals surface area contributed by atoms with Gasteiger partial charge in [-0.05, 0) is 23.3 Å². The Hall–Kier alpha value is -1.75. The highest BCUT2D eigenvalue weighted by Gasteiger charge is 2.15. The van der Waals surface area contributed by atoms with Gasteiger partial charge in [0, 0.05) is 17.6 Å². The highest BCUT2D eigenvalue weighted by Crippen LogP contribution is 2.28. The molecule has 6 heteroatoms. The minimum Gasteiger partial charge on any atom is -0.489 e. The number of ether oxygens (including phenoxy) is 1. The zero-order valence-electron chi connectivity index (χ0n) is 15.1. The summed E-state index contributed by atoms with van der Waals surface area (Å²) in [6.45, 7) is 0.482. The molecule has 0 spiro atoms. The maximum atomic E-state index is 10.3. The van der Waals surface area contributed by atoms with Crippen LogP contribution in [0.1, 0.15) is 17.2 Å². The van der Waals surface area contributed by atoms with Crippen molar-refractivity contribution >= 4 is 35.6 Å². The number of aliphatic hydroxyl groups is 1. The van der Waals surface area contributed by atoms with Crippen LogP contribution in [-0.4, -0.2) is 24.4 Å². The summed E-state index contributed by atoms with van der Waals surface area (Å²) in [5.41, 5.74) is 2.27. The van der Waals surface area contributed by atoms with Gasteiger partial charge in [-0.25, -0.2) is 0 Å². The van der Waals surface area contributed by atoms with Crippen LogP contribution < -0.4 is 10.1 Å². The van der Waals surface area contributed by atoms with Crippen molar-refractivity contribution in [2.24, 2.45) is 0 Å². The van der Waals surface area contributed by atoms with Gasteiger partial charge >= 0.3 is 0 Å². The van der Waals surface area contributed by atoms with E-state index in [0.717, 1.165) is 11.1 Å². The lowest BCUT2D eigenvalue weighted by atomic mass is 9.98. The fraction of sp³-hybridized carbons (Fsp3) is 0.182. The van der Waals surface area contributed by atoms with Gasteiger partial charge in [0.2, 0.25) is 0 Å². The van der Waals surface area contributed by atoms with Crippen LogP contribution in [0.2, 0.25) is 10.0 Å². The van der Waals surface area contributed by atoms with E-state index in [1.165, 1.54) is 0 Å². The third kappa shape index (κ3) is 6.40. The lowest BCUT2D eigenvalue weighted by Gasteiger charge is -2.22. The monoisotopic (exact) mass is 437 g/mol. The summed E-state index contributed by atoms with van der Waals surface area (Å²) < 4.78 is 5.62. The average Bonchev–Trinajstić information content (AvgIpc) is 2.70. The third-order valence-corrected chi connectivity index (χ3v) is 4.70. The maximum absolute atomic E-state index is 10.3. The molecule has 1 unspecified atom stereocenters. The van der Waals surface area contributed by atoms with Crippen molar-refractivity contribution in [2.75, 3.05) is 13.2 Å². The third-order valence-electron chi connectivity index (χ3n) is 4.15. The quantitative estimate of drug-likeness (QED) is 0.485. The van der Waals surface area contributed by atoms with E-state index in [9.17, 15) is 5.11 Å². The summed E-state index contributed by atoms with van der Waals surface area (Å²) in [7, 11) is 0. The number of rotatable bonds is 8. The zero-order valence-corrected chi connectivity index (χ0v) is 17.4. The number of hydrogen-bond acceptors (Lipinski definition) is 3. The fourth-order valence-corrected chi connectivity index (χ4v) is 3.14. The average molecular weight is 439 g/mol. The van der Waals surface area contributed by atoms with Crippen LogP contribution in [0.5, 0.6) is 5.75 Å². The summed E-state index contributed by atoms with van der Waals surface area (Å²) in [5, 5.41) is 14.8. The maximum Gasteiger partial charge on any atom is 0.139 e. The molecule has 0 radical (unpaired) electrons. The Kier molecular flexibility index (Phi) is 9.10. The predicted octanol–water partition coefficient (Wildman–Crippen LogP) is 5.53. The zero-order chi connectivity index (χ0) is 19.1. The summed E-state index contributed by atoms with van der Waals surface area (Å²) >= 11 is 12.0. The lowest BCUT2D eigenvalue weighted by molar-refractivity contribution is 0.105. The summed E-state index contributed by atoms with van der Waals surface area (Å²) in [4.78, 5) is 0. The molecule has 0 amide bonds. The van der Waals surface area contributed by atoms with Crippen LogP contribution in [0, 0.1) is 0 Å². The van der Waals surface area contributed by atoms with Gasteiger partial charge in [-0.1, -0.05) is 83.9 Å². The number of nitrogens with one attached hydrogen (secondary N) is 1. The van der Waals surface area contributed by atoms with Crippen LogP contribution in [0.25, 0.3) is 0 Å². The fourth-order valence-electron chi connectivity index (χ4n) is 2.81. The lowest BCUT2D eigenvalue weighted by Crippen LogP contribution is -2.34. The van der Waals surface area contributed by atoms with Gasteiger partial charge in [0.05, 0.1) is 11.1 Å². The van der Waals surface area contributed by atoms with Crippen LogP contribution in [0.15, 0.2) is 78.9 Å². The Morgan fingerprint density at radius 3 is 2.00 bits per heavy atom. The van der Waals surface area contributed by atoms with Crippen LogP contribution >= 0.6 is 35.6 Å². The van der Waals surface area contributed by atoms with E-state index >= 15 is 0 Å². The van der Waals surface area contributed by atoms with Gasteiger partial charge < -0.3 is 15.2 Å². The Bertz CT molecular complexity index is 807. The molecule has 0 saturated carbocycles. The minimum absolute atomic E-state index is 0. The number of halogens is 3. The Morgan fingerprint density at radius 1 is 0.857 bits per heavy atom. The molecule has 148 valence electrons. The molecule has 0 aromatic heterocycles. The first-order chi connectivity index (χ1) is 13.1. The number of benzene rings is 3. The molecule has 0 saturated heterocycles. The Morgan fingerprint density at radius 2 is 1.43 bits per heavy atom. The normalized spacial score (nSPS) is 11.7. The van der Waals surface area contributed by atoms with Gasteiger partial charge in [0.15, 0.2) is 0 Å². The summed E-state index contributed by atoms with van der Waals surface area (Å²) in [6.07, 6.45) is -0.699. The molecule has 3 aromatic carbocycles. The SMILES string of the molecule is Cl.OC(CNC(c1ccccc1)c1ccccc1)COc1cc(Cl)ccc1Cl. The standard InChI is InChI=1S/C22H21Cl2NO2.ClH/c23-18-11-12-20(24)21(13-18)27-15-19(26)14-25-22(16-7-3-1-4-8-16)17-9-5-2-6-10-17;/h1-13,19,22,25-26H,14-15H2;1H. The molecule has 2 N–H and O–H groups in total. The van der Waals surface area contributed by atoms with E-state index in [2.05, 4.69) is 29.6 Å². The highest BCUT2D eigenvalue weighted by atomic mass is 35.5. The van der Waals surface area contributed by atoms with Crippen molar-refractivity contribution in [2.45, 2.75) is 12.1 Å². The van der Waals surface area contributed by atoms with E-state index in [-0.39, 0.29) is 25.1 Å².